The largest absolute Gasteiger partial charge is 0.497 e. The number of primary amides is 1. The van der Waals surface area contributed by atoms with Crippen LogP contribution in [0.25, 0.3) is 32.9 Å². The van der Waals surface area contributed by atoms with E-state index in [2.05, 4.69) is 27.8 Å². The Hall–Kier alpha value is -4.12. The van der Waals surface area contributed by atoms with E-state index in [1.54, 1.807) is 19.4 Å². The van der Waals surface area contributed by atoms with Crippen LogP contribution in [-0.2, 0) is 6.54 Å². The third-order valence-electron chi connectivity index (χ3n) is 5.63. The van der Waals surface area contributed by atoms with E-state index in [9.17, 15) is 4.79 Å². The monoisotopic (exact) mass is 407 g/mol. The fourth-order valence-corrected chi connectivity index (χ4v) is 4.14. The van der Waals surface area contributed by atoms with Gasteiger partial charge in [0.25, 0.3) is 0 Å². The van der Waals surface area contributed by atoms with Gasteiger partial charge < -0.3 is 15.0 Å². The number of rotatable bonds is 5. The van der Waals surface area contributed by atoms with Gasteiger partial charge in [0.15, 0.2) is 0 Å². The Balaban J connectivity index is 1.77. The number of nitrogens with zero attached hydrogens (tertiary/aromatic N) is 2. The molecule has 0 aliphatic rings. The van der Waals surface area contributed by atoms with Crippen LogP contribution in [-0.4, -0.2) is 22.6 Å². The number of pyridine rings is 1. The van der Waals surface area contributed by atoms with Gasteiger partial charge in [-0.3, -0.25) is 9.78 Å². The highest BCUT2D eigenvalue weighted by Crippen LogP contribution is 2.35. The van der Waals surface area contributed by atoms with Crippen molar-refractivity contribution in [2.24, 2.45) is 5.73 Å². The van der Waals surface area contributed by atoms with Crippen molar-refractivity contribution >= 4 is 27.7 Å². The van der Waals surface area contributed by atoms with Crippen molar-refractivity contribution in [2.75, 3.05) is 7.11 Å². The molecule has 5 heteroatoms. The summed E-state index contributed by atoms with van der Waals surface area (Å²) in [7, 11) is 1.66. The van der Waals surface area contributed by atoms with Crippen LogP contribution < -0.4 is 10.5 Å². The molecule has 0 spiro atoms. The Labute approximate surface area is 179 Å². The van der Waals surface area contributed by atoms with Crippen LogP contribution in [0, 0.1) is 0 Å². The molecule has 5 nitrogen and oxygen atoms in total. The van der Waals surface area contributed by atoms with E-state index in [1.165, 1.54) is 0 Å². The second-order valence-corrected chi connectivity index (χ2v) is 7.43. The number of fused-ring (bicyclic) bond motifs is 3. The van der Waals surface area contributed by atoms with Crippen LogP contribution in [0.4, 0.5) is 0 Å². The van der Waals surface area contributed by atoms with Crippen LogP contribution in [0.3, 0.4) is 0 Å². The minimum Gasteiger partial charge on any atom is -0.497 e. The van der Waals surface area contributed by atoms with Gasteiger partial charge in [-0.05, 0) is 53.6 Å². The molecule has 0 bridgehead atoms. The number of carbonyl (C=O) groups excluding carboxylic acids is 1. The number of methoxy groups -OCH3 is 1. The molecule has 0 aliphatic heterocycles. The minimum absolute atomic E-state index is 0.429. The smallest absolute Gasteiger partial charge is 0.249 e. The predicted molar refractivity (Wildman–Crippen MR) is 123 cm³/mol. The Kier molecular flexibility index (Phi) is 4.64. The van der Waals surface area contributed by atoms with Gasteiger partial charge in [-0.2, -0.15) is 0 Å². The van der Waals surface area contributed by atoms with Gasteiger partial charge in [-0.15, -0.1) is 0 Å². The molecule has 0 unspecified atom stereocenters. The standard InChI is InChI=1S/C26H21N3O2/c1-31-20-11-8-17(9-12-20)18-10-13-21-24(15-18)29(16-19-5-2-3-14-28-19)23-7-4-6-22(25(21)23)26(27)30/h2-15H,16H2,1H3,(H2,27,30). The molecule has 3 aromatic carbocycles. The molecular formula is C26H21N3O2. The molecule has 2 N–H and O–H groups in total. The molecule has 2 heterocycles. The first-order valence-electron chi connectivity index (χ1n) is 10.0. The molecule has 0 fully saturated rings. The molecule has 0 aliphatic carbocycles. The summed E-state index contributed by atoms with van der Waals surface area (Å²) in [5.74, 6) is 0.391. The van der Waals surface area contributed by atoms with Gasteiger partial charge >= 0.3 is 0 Å². The number of aromatic nitrogens is 2. The molecule has 31 heavy (non-hydrogen) atoms. The molecule has 5 rings (SSSR count). The highest BCUT2D eigenvalue weighted by atomic mass is 16.5. The fraction of sp³-hybridized carbons (Fsp3) is 0.0769. The molecular weight excluding hydrogens is 386 g/mol. The van der Waals surface area contributed by atoms with Crippen molar-refractivity contribution in [1.82, 2.24) is 9.55 Å². The van der Waals surface area contributed by atoms with Gasteiger partial charge in [0, 0.05) is 22.5 Å². The molecule has 0 radical (unpaired) electrons. The van der Waals surface area contributed by atoms with E-state index in [0.717, 1.165) is 44.4 Å². The number of ether oxygens (including phenoxy) is 1. The van der Waals surface area contributed by atoms with Gasteiger partial charge in [-0.25, -0.2) is 0 Å². The lowest BCUT2D eigenvalue weighted by molar-refractivity contribution is 0.100. The number of amides is 1. The summed E-state index contributed by atoms with van der Waals surface area (Å²) in [6.07, 6.45) is 1.79. The molecule has 0 saturated carbocycles. The first kappa shape index (κ1) is 18.9. The van der Waals surface area contributed by atoms with E-state index in [1.807, 2.05) is 54.6 Å². The molecule has 0 atom stereocenters. The molecule has 2 aromatic heterocycles. The quantitative estimate of drug-likeness (QED) is 0.445. The normalized spacial score (nSPS) is 11.1. The summed E-state index contributed by atoms with van der Waals surface area (Å²) < 4.78 is 7.48. The minimum atomic E-state index is -0.429. The number of hydrogen-bond acceptors (Lipinski definition) is 3. The topological polar surface area (TPSA) is 70.1 Å². The van der Waals surface area contributed by atoms with E-state index in [-0.39, 0.29) is 0 Å². The Morgan fingerprint density at radius 1 is 0.935 bits per heavy atom. The first-order valence-corrected chi connectivity index (χ1v) is 10.0. The van der Waals surface area contributed by atoms with Crippen LogP contribution in [0.2, 0.25) is 0 Å². The lowest BCUT2D eigenvalue weighted by Gasteiger charge is -2.09. The SMILES string of the molecule is COc1ccc(-c2ccc3c4c(C(N)=O)cccc4n(Cc4ccccn4)c3c2)cc1. The average Bonchev–Trinajstić information content (AvgIpc) is 3.12. The lowest BCUT2D eigenvalue weighted by Crippen LogP contribution is -2.11. The van der Waals surface area contributed by atoms with Crippen LogP contribution in [0.5, 0.6) is 5.75 Å². The summed E-state index contributed by atoms with van der Waals surface area (Å²) in [5, 5.41) is 1.87. The zero-order valence-electron chi connectivity index (χ0n) is 17.1. The number of hydrogen-bond donors (Lipinski definition) is 1. The average molecular weight is 407 g/mol. The maximum Gasteiger partial charge on any atom is 0.249 e. The van der Waals surface area contributed by atoms with Crippen molar-refractivity contribution < 1.29 is 9.53 Å². The maximum atomic E-state index is 12.2. The van der Waals surface area contributed by atoms with Crippen LogP contribution >= 0.6 is 0 Å². The second-order valence-electron chi connectivity index (χ2n) is 7.43. The van der Waals surface area contributed by atoms with Gasteiger partial charge in [-0.1, -0.05) is 36.4 Å². The summed E-state index contributed by atoms with van der Waals surface area (Å²) >= 11 is 0. The fourth-order valence-electron chi connectivity index (χ4n) is 4.14. The lowest BCUT2D eigenvalue weighted by atomic mass is 10.0. The number of nitrogens with two attached hydrogens (primary N) is 1. The predicted octanol–water partition coefficient (Wildman–Crippen LogP) is 5.01. The second kappa shape index (κ2) is 7.61. The zero-order valence-corrected chi connectivity index (χ0v) is 17.1. The zero-order chi connectivity index (χ0) is 21.4. The van der Waals surface area contributed by atoms with Crippen LogP contribution in [0.15, 0.2) is 85.1 Å². The highest BCUT2D eigenvalue weighted by Gasteiger charge is 2.17. The third-order valence-corrected chi connectivity index (χ3v) is 5.63. The van der Waals surface area contributed by atoms with Crippen molar-refractivity contribution in [2.45, 2.75) is 6.54 Å². The summed E-state index contributed by atoms with van der Waals surface area (Å²) in [4.78, 5) is 16.7. The van der Waals surface area contributed by atoms with E-state index in [4.69, 9.17) is 10.5 Å². The Morgan fingerprint density at radius 2 is 1.74 bits per heavy atom. The van der Waals surface area contributed by atoms with Crippen molar-refractivity contribution in [3.05, 3.63) is 96.3 Å². The summed E-state index contributed by atoms with van der Waals surface area (Å²) in [6.45, 7) is 0.592. The number of benzene rings is 3. The number of carbonyl (C=O) groups is 1. The third kappa shape index (κ3) is 3.30. The first-order chi connectivity index (χ1) is 15.2. The summed E-state index contributed by atoms with van der Waals surface area (Å²) in [5.41, 5.74) is 11.3. The van der Waals surface area contributed by atoms with Gasteiger partial charge in [0.2, 0.25) is 5.91 Å². The van der Waals surface area contributed by atoms with Crippen molar-refractivity contribution in [3.63, 3.8) is 0 Å². The van der Waals surface area contributed by atoms with Crippen molar-refractivity contribution in [1.29, 1.82) is 0 Å². The molecule has 1 amide bonds. The Morgan fingerprint density at radius 3 is 2.45 bits per heavy atom. The summed E-state index contributed by atoms with van der Waals surface area (Å²) in [6, 6.07) is 25.9. The maximum absolute atomic E-state index is 12.2. The Bertz CT molecular complexity index is 1400. The van der Waals surface area contributed by atoms with Crippen molar-refractivity contribution in [3.8, 4) is 16.9 Å². The van der Waals surface area contributed by atoms with E-state index in [0.29, 0.717) is 12.1 Å². The van der Waals surface area contributed by atoms with E-state index >= 15 is 0 Å². The van der Waals surface area contributed by atoms with Gasteiger partial charge in [0.05, 0.1) is 30.4 Å². The molecule has 0 saturated heterocycles. The molecule has 5 aromatic rings. The van der Waals surface area contributed by atoms with Gasteiger partial charge in [0.1, 0.15) is 5.75 Å². The molecule has 152 valence electrons. The highest BCUT2D eigenvalue weighted by molar-refractivity contribution is 6.18. The van der Waals surface area contributed by atoms with Crippen LogP contribution in [0.1, 0.15) is 16.1 Å². The van der Waals surface area contributed by atoms with E-state index < -0.39 is 5.91 Å².